The maximum Gasteiger partial charge on any atom is 0.408 e. The van der Waals surface area contributed by atoms with Crippen LogP contribution in [-0.2, 0) is 32.6 Å². The summed E-state index contributed by atoms with van der Waals surface area (Å²) >= 11 is 0. The lowest BCUT2D eigenvalue weighted by Gasteiger charge is -2.43. The average Bonchev–Trinajstić information content (AvgIpc) is 3.69. The summed E-state index contributed by atoms with van der Waals surface area (Å²) in [6.45, 7) is 9.83. The maximum atomic E-state index is 15.3. The lowest BCUT2D eigenvalue weighted by atomic mass is 9.76. The highest BCUT2D eigenvalue weighted by Gasteiger charge is 2.50. The Morgan fingerprint density at radius 1 is 0.554 bits per heavy atom. The fraction of sp³-hybridized carbons (Fsp3) is 0.219. The van der Waals surface area contributed by atoms with Crippen LogP contribution in [0.3, 0.4) is 0 Å². The summed E-state index contributed by atoms with van der Waals surface area (Å²) in [6, 6.07) is 81.9. The first-order valence-electron chi connectivity index (χ1n) is 29.0. The summed E-state index contributed by atoms with van der Waals surface area (Å²) in [5.74, 6) is -1.26. The van der Waals surface area contributed by atoms with Gasteiger partial charge in [-0.15, -0.1) is 0 Å². The van der Waals surface area contributed by atoms with E-state index in [2.05, 4.69) is 177 Å². The Labute approximate surface area is 490 Å². The Kier molecular flexibility index (Phi) is 18.1. The van der Waals surface area contributed by atoms with Gasteiger partial charge in [0, 0.05) is 24.6 Å². The van der Waals surface area contributed by atoms with Gasteiger partial charge in [-0.2, -0.15) is 0 Å². The highest BCUT2D eigenvalue weighted by Crippen LogP contribution is 2.45. The van der Waals surface area contributed by atoms with Gasteiger partial charge in [0.1, 0.15) is 12.1 Å². The monoisotopic (exact) mass is 1110 g/mol. The number of carboxylic acid groups (broad SMARTS) is 1. The summed E-state index contributed by atoms with van der Waals surface area (Å²) in [4.78, 5) is 45.3. The topological polar surface area (TPSA) is 120 Å². The SMILES string of the molecule is Cc1ccc(C(NCCCC[C@H](NC(=O)[C@H](Cc2ccccc2)N(CC2c3ccccc3-c3ccccc32)C(=O)O)C(=O)Nc2ccc(CO[Si](c3ccccc3)(c3ccccc3)C(C)(C)C)cc2)(c2ccccc2)c2ccccc2)cc1. The lowest BCUT2D eigenvalue weighted by Crippen LogP contribution is -2.66. The molecule has 0 heterocycles. The van der Waals surface area contributed by atoms with Gasteiger partial charge < -0.3 is 20.2 Å². The highest BCUT2D eigenvalue weighted by molar-refractivity contribution is 6.99. The molecule has 9 aromatic rings. The van der Waals surface area contributed by atoms with E-state index in [4.69, 9.17) is 4.43 Å². The molecule has 0 saturated carbocycles. The van der Waals surface area contributed by atoms with Crippen LogP contribution >= 0.6 is 0 Å². The number of rotatable bonds is 23. The summed E-state index contributed by atoms with van der Waals surface area (Å²) in [5, 5.41) is 23.7. The number of aryl methyl sites for hydroxylation is 1. The molecule has 0 bridgehead atoms. The second-order valence-electron chi connectivity index (χ2n) is 22.8. The third-order valence-corrected chi connectivity index (χ3v) is 21.5. The fourth-order valence-corrected chi connectivity index (χ4v) is 16.9. The first-order chi connectivity index (χ1) is 40.4. The van der Waals surface area contributed by atoms with Crippen molar-refractivity contribution in [2.45, 2.75) is 88.6 Å². The summed E-state index contributed by atoms with van der Waals surface area (Å²) in [5.41, 5.74) is 10.2. The smallest absolute Gasteiger partial charge is 0.408 e. The van der Waals surface area contributed by atoms with Crippen LogP contribution in [0.25, 0.3) is 11.1 Å². The third-order valence-electron chi connectivity index (χ3n) is 16.5. The number of benzene rings is 9. The van der Waals surface area contributed by atoms with Crippen LogP contribution in [-0.4, -0.2) is 61.4 Å². The van der Waals surface area contributed by atoms with Crippen molar-refractivity contribution in [3.63, 3.8) is 0 Å². The average molecular weight is 1120 g/mol. The van der Waals surface area contributed by atoms with E-state index in [0.29, 0.717) is 31.7 Å². The Bertz CT molecular complexity index is 3460. The number of carbonyl (C=O) groups excluding carboxylic acids is 2. The molecule has 4 N–H and O–H groups in total. The molecule has 9 nitrogen and oxygen atoms in total. The third kappa shape index (κ3) is 12.7. The molecule has 1 aliphatic rings. The first-order valence-corrected chi connectivity index (χ1v) is 30.9. The van der Waals surface area contributed by atoms with E-state index in [1.165, 1.54) is 15.3 Å². The van der Waals surface area contributed by atoms with Crippen LogP contribution in [0.2, 0.25) is 5.04 Å². The van der Waals surface area contributed by atoms with E-state index >= 15 is 4.79 Å². The van der Waals surface area contributed by atoms with Crippen LogP contribution in [0.1, 0.15) is 90.5 Å². The van der Waals surface area contributed by atoms with Gasteiger partial charge in [0.05, 0.1) is 12.1 Å². The van der Waals surface area contributed by atoms with Crippen molar-refractivity contribution in [1.29, 1.82) is 0 Å². The molecule has 1 aliphatic carbocycles. The van der Waals surface area contributed by atoms with Crippen LogP contribution in [0.4, 0.5) is 10.5 Å². The van der Waals surface area contributed by atoms with Crippen molar-refractivity contribution in [3.8, 4) is 11.1 Å². The molecule has 2 atom stereocenters. The van der Waals surface area contributed by atoms with Gasteiger partial charge in [-0.05, 0) is 110 Å². The van der Waals surface area contributed by atoms with Crippen molar-refractivity contribution >= 4 is 42.3 Å². The molecule has 0 radical (unpaired) electrons. The number of nitrogens with one attached hydrogen (secondary N) is 3. The molecular weight excluding hydrogens is 1040 g/mol. The molecule has 0 saturated heterocycles. The van der Waals surface area contributed by atoms with Crippen LogP contribution in [0, 0.1) is 6.92 Å². The second-order valence-corrected chi connectivity index (χ2v) is 27.1. The van der Waals surface area contributed by atoms with Crippen molar-refractivity contribution in [2.75, 3.05) is 18.4 Å². The minimum Gasteiger partial charge on any atom is -0.465 e. The van der Waals surface area contributed by atoms with Crippen LogP contribution < -0.4 is 26.3 Å². The van der Waals surface area contributed by atoms with Crippen molar-refractivity contribution in [1.82, 2.24) is 15.5 Å². The zero-order valence-corrected chi connectivity index (χ0v) is 48.9. The molecule has 0 fully saturated rings. The van der Waals surface area contributed by atoms with E-state index in [1.54, 1.807) is 0 Å². The van der Waals surface area contributed by atoms with Crippen LogP contribution in [0.15, 0.2) is 249 Å². The van der Waals surface area contributed by atoms with Crippen molar-refractivity contribution < 1.29 is 23.9 Å². The minimum absolute atomic E-state index is 0.0362. The molecule has 10 heteroatoms. The van der Waals surface area contributed by atoms with Gasteiger partial charge in [-0.1, -0.05) is 263 Å². The van der Waals surface area contributed by atoms with Gasteiger partial charge in [0.15, 0.2) is 0 Å². The summed E-state index contributed by atoms with van der Waals surface area (Å²) < 4.78 is 7.25. The number of hydrogen-bond donors (Lipinski definition) is 4. The molecule has 83 heavy (non-hydrogen) atoms. The van der Waals surface area contributed by atoms with Gasteiger partial charge in [0.2, 0.25) is 11.8 Å². The first kappa shape index (κ1) is 57.6. The second kappa shape index (κ2) is 26.1. The normalized spacial score (nSPS) is 13.1. The molecule has 10 rings (SSSR count). The Morgan fingerprint density at radius 2 is 1.04 bits per heavy atom. The maximum absolute atomic E-state index is 15.3. The van der Waals surface area contributed by atoms with Gasteiger partial charge in [-0.25, -0.2) is 4.79 Å². The van der Waals surface area contributed by atoms with E-state index in [9.17, 15) is 14.7 Å². The Hall–Kier alpha value is -8.67. The molecular formula is C73H74N4O5Si. The predicted molar refractivity (Wildman–Crippen MR) is 338 cm³/mol. The van der Waals surface area contributed by atoms with Crippen molar-refractivity contribution in [2.24, 2.45) is 0 Å². The molecule has 0 spiro atoms. The largest absolute Gasteiger partial charge is 0.465 e. The molecule has 420 valence electrons. The number of anilines is 1. The Morgan fingerprint density at radius 3 is 1.55 bits per heavy atom. The van der Waals surface area contributed by atoms with E-state index in [-0.39, 0.29) is 30.3 Å². The van der Waals surface area contributed by atoms with E-state index in [0.717, 1.165) is 55.6 Å². The molecule has 0 unspecified atom stereocenters. The highest BCUT2D eigenvalue weighted by atomic mass is 28.4. The van der Waals surface area contributed by atoms with E-state index in [1.807, 2.05) is 115 Å². The number of unbranched alkanes of at least 4 members (excludes halogenated alkanes) is 1. The summed E-state index contributed by atoms with van der Waals surface area (Å²) in [7, 11) is -2.83. The zero-order valence-electron chi connectivity index (χ0n) is 47.9. The number of amides is 3. The number of fused-ring (bicyclic) bond motifs is 3. The van der Waals surface area contributed by atoms with Gasteiger partial charge >= 0.3 is 6.09 Å². The van der Waals surface area contributed by atoms with Gasteiger partial charge in [-0.3, -0.25) is 19.8 Å². The van der Waals surface area contributed by atoms with E-state index < -0.39 is 43.8 Å². The lowest BCUT2D eigenvalue weighted by molar-refractivity contribution is -0.130. The summed E-state index contributed by atoms with van der Waals surface area (Å²) in [6.07, 6.45) is 0.376. The molecule has 0 aromatic heterocycles. The van der Waals surface area contributed by atoms with Crippen molar-refractivity contribution in [3.05, 3.63) is 293 Å². The molecule has 9 aromatic carbocycles. The number of hydrogen-bond acceptors (Lipinski definition) is 5. The zero-order chi connectivity index (χ0) is 57.8. The standard InChI is InChI=1S/C73H74N4O5Si/c1-53-41-45-58(46-42-53)73(56-28-12-6-13-29-56,57-30-14-7-15-31-57)74-49-25-24-40-67(69(78)75-59-47-43-55(44-48-59)52-82-83(72(2,3)4,60-32-16-8-17-33-60)61-34-18-9-19-35-61)76-70(79)68(50-54-26-10-5-11-27-54)77(71(80)81)51-66-64-38-22-20-36-62(64)63-37-21-23-39-65(63)66/h5-23,26-39,41-48,66-68,74H,24-25,40,49-52H2,1-4H3,(H,75,78)(H,76,79)(H,80,81)/t67-,68-/m0/s1. The minimum atomic E-state index is -2.83. The number of carbonyl (C=O) groups is 3. The predicted octanol–water partition coefficient (Wildman–Crippen LogP) is 13.7. The molecule has 0 aliphatic heterocycles. The van der Waals surface area contributed by atoms with Crippen LogP contribution in [0.5, 0.6) is 0 Å². The Balaban J connectivity index is 0.929. The quantitative estimate of drug-likeness (QED) is 0.0288. The fourth-order valence-electron chi connectivity index (χ4n) is 12.3. The van der Waals surface area contributed by atoms with Gasteiger partial charge in [0.25, 0.3) is 8.32 Å². The number of nitrogens with zero attached hydrogens (tertiary/aromatic N) is 1. The molecule has 3 amide bonds.